The predicted octanol–water partition coefficient (Wildman–Crippen LogP) is 1.79. The number of ether oxygens (including phenoxy) is 2. The maximum atomic E-state index is 11.9. The first kappa shape index (κ1) is 15.0. The van der Waals surface area contributed by atoms with E-state index < -0.39 is 17.9 Å². The Morgan fingerprint density at radius 2 is 1.68 bits per heavy atom. The van der Waals surface area contributed by atoms with E-state index in [4.69, 9.17) is 15.2 Å². The first-order valence-electron chi connectivity index (χ1n) is 6.20. The molecule has 0 aliphatic rings. The zero-order valence-electron chi connectivity index (χ0n) is 11.4. The molecule has 0 aromatic heterocycles. The number of nitrogens with two attached hydrogens (primary N) is 1. The van der Waals surface area contributed by atoms with Crippen molar-refractivity contribution in [2.75, 3.05) is 18.9 Å². The van der Waals surface area contributed by atoms with E-state index in [1.54, 1.807) is 32.0 Å². The molecule has 0 unspecified atom stereocenters. The highest BCUT2D eigenvalue weighted by atomic mass is 16.6. The summed E-state index contributed by atoms with van der Waals surface area (Å²) in [5.41, 5.74) is 7.63. The van der Waals surface area contributed by atoms with Crippen LogP contribution in [0.5, 0.6) is 0 Å². The van der Waals surface area contributed by atoms with Gasteiger partial charge in [-0.2, -0.15) is 0 Å². The molecule has 5 nitrogen and oxygen atoms in total. The average molecular weight is 265 g/mol. The number of carbonyl (C=O) groups excluding carboxylic acids is 2. The molecular weight excluding hydrogens is 246 g/mol. The van der Waals surface area contributed by atoms with Crippen molar-refractivity contribution in [1.82, 2.24) is 0 Å². The summed E-state index contributed by atoms with van der Waals surface area (Å²) >= 11 is 0. The fourth-order valence-electron chi connectivity index (χ4n) is 1.76. The minimum atomic E-state index is -1.12. The van der Waals surface area contributed by atoms with Gasteiger partial charge in [-0.1, -0.05) is 12.1 Å². The molecule has 0 saturated carbocycles. The fraction of sp³-hybridized carbons (Fsp3) is 0.429. The third-order valence-electron chi connectivity index (χ3n) is 2.60. The molecule has 2 N–H and O–H groups in total. The van der Waals surface area contributed by atoms with Crippen molar-refractivity contribution in [2.45, 2.75) is 26.7 Å². The number of aryl methyl sites for hydroxylation is 1. The lowest BCUT2D eigenvalue weighted by Gasteiger charge is -2.16. The Labute approximate surface area is 112 Å². The van der Waals surface area contributed by atoms with Gasteiger partial charge < -0.3 is 15.2 Å². The van der Waals surface area contributed by atoms with Gasteiger partial charge in [0.2, 0.25) is 0 Å². The molecule has 1 rings (SSSR count). The molecule has 0 amide bonds. The quantitative estimate of drug-likeness (QED) is 0.499. The van der Waals surface area contributed by atoms with E-state index in [9.17, 15) is 9.59 Å². The summed E-state index contributed by atoms with van der Waals surface area (Å²) in [6, 6.07) is 5.15. The summed E-state index contributed by atoms with van der Waals surface area (Å²) in [5.74, 6) is -2.41. The lowest BCUT2D eigenvalue weighted by Crippen LogP contribution is -2.27. The number of carbonyl (C=O) groups is 2. The second-order valence-electron chi connectivity index (χ2n) is 4.07. The summed E-state index contributed by atoms with van der Waals surface area (Å²) in [6.07, 6.45) is 0. The highest BCUT2D eigenvalue weighted by molar-refractivity contribution is 6.02. The maximum Gasteiger partial charge on any atom is 0.324 e. The van der Waals surface area contributed by atoms with Crippen LogP contribution in [0.15, 0.2) is 18.2 Å². The number of benzene rings is 1. The molecule has 0 spiro atoms. The first-order valence-corrected chi connectivity index (χ1v) is 6.20. The number of nitrogen functional groups attached to an aromatic ring is 1. The lowest BCUT2D eigenvalue weighted by atomic mass is 9.96. The van der Waals surface area contributed by atoms with Crippen molar-refractivity contribution < 1.29 is 19.1 Å². The van der Waals surface area contributed by atoms with Crippen LogP contribution in [-0.4, -0.2) is 25.2 Å². The molecule has 104 valence electrons. The minimum absolute atomic E-state index is 0.195. The van der Waals surface area contributed by atoms with Crippen LogP contribution in [-0.2, 0) is 19.1 Å². The van der Waals surface area contributed by atoms with Crippen LogP contribution in [0.4, 0.5) is 5.69 Å². The molecule has 1 aromatic carbocycles. The van der Waals surface area contributed by atoms with Crippen LogP contribution in [0.1, 0.15) is 30.9 Å². The van der Waals surface area contributed by atoms with Crippen molar-refractivity contribution in [2.24, 2.45) is 0 Å². The van der Waals surface area contributed by atoms with Gasteiger partial charge in [-0.05, 0) is 32.4 Å². The molecule has 0 atom stereocenters. The molecule has 0 fully saturated rings. The molecule has 0 bridgehead atoms. The molecule has 0 saturated heterocycles. The Balaban J connectivity index is 3.14. The molecule has 1 aromatic rings. The van der Waals surface area contributed by atoms with Crippen LogP contribution in [0.3, 0.4) is 0 Å². The molecular formula is C14H19NO4. The van der Waals surface area contributed by atoms with E-state index in [0.29, 0.717) is 11.3 Å². The largest absolute Gasteiger partial charge is 0.465 e. The number of hydrogen-bond donors (Lipinski definition) is 1. The van der Waals surface area contributed by atoms with Crippen molar-refractivity contribution >= 4 is 17.6 Å². The van der Waals surface area contributed by atoms with E-state index in [2.05, 4.69) is 0 Å². The number of hydrogen-bond acceptors (Lipinski definition) is 5. The lowest BCUT2D eigenvalue weighted by molar-refractivity contribution is -0.156. The van der Waals surface area contributed by atoms with Gasteiger partial charge in [0.15, 0.2) is 5.92 Å². The van der Waals surface area contributed by atoms with E-state index in [1.807, 2.05) is 6.92 Å². The molecule has 5 heteroatoms. The first-order chi connectivity index (χ1) is 9.01. The zero-order valence-corrected chi connectivity index (χ0v) is 11.4. The summed E-state index contributed by atoms with van der Waals surface area (Å²) in [4.78, 5) is 23.8. The van der Waals surface area contributed by atoms with E-state index in [0.717, 1.165) is 5.56 Å². The fourth-order valence-corrected chi connectivity index (χ4v) is 1.76. The Bertz CT molecular complexity index is 453. The van der Waals surface area contributed by atoms with E-state index >= 15 is 0 Å². The second-order valence-corrected chi connectivity index (χ2v) is 4.07. The van der Waals surface area contributed by atoms with Gasteiger partial charge in [0.25, 0.3) is 0 Å². The zero-order chi connectivity index (χ0) is 14.4. The van der Waals surface area contributed by atoms with E-state index in [-0.39, 0.29) is 13.2 Å². The van der Waals surface area contributed by atoms with Crippen LogP contribution in [0.25, 0.3) is 0 Å². The maximum absolute atomic E-state index is 11.9. The van der Waals surface area contributed by atoms with E-state index in [1.165, 1.54) is 0 Å². The summed E-state index contributed by atoms with van der Waals surface area (Å²) in [5, 5.41) is 0. The van der Waals surface area contributed by atoms with Crippen LogP contribution < -0.4 is 5.73 Å². The van der Waals surface area contributed by atoms with Crippen molar-refractivity contribution in [3.8, 4) is 0 Å². The molecule has 19 heavy (non-hydrogen) atoms. The summed E-state index contributed by atoms with van der Waals surface area (Å²) in [7, 11) is 0. The normalized spacial score (nSPS) is 10.3. The number of anilines is 1. The number of rotatable bonds is 5. The Hall–Kier alpha value is -2.04. The minimum Gasteiger partial charge on any atom is -0.465 e. The van der Waals surface area contributed by atoms with Crippen LogP contribution in [0, 0.1) is 6.92 Å². The van der Waals surface area contributed by atoms with Crippen LogP contribution >= 0.6 is 0 Å². The van der Waals surface area contributed by atoms with Gasteiger partial charge in [0.1, 0.15) is 0 Å². The van der Waals surface area contributed by atoms with Crippen molar-refractivity contribution in [1.29, 1.82) is 0 Å². The molecule has 0 radical (unpaired) electrons. The van der Waals surface area contributed by atoms with Gasteiger partial charge in [0.05, 0.1) is 13.2 Å². The van der Waals surface area contributed by atoms with Crippen molar-refractivity contribution in [3.63, 3.8) is 0 Å². The van der Waals surface area contributed by atoms with Gasteiger partial charge in [0, 0.05) is 11.3 Å². The van der Waals surface area contributed by atoms with Crippen molar-refractivity contribution in [3.05, 3.63) is 29.3 Å². The predicted molar refractivity (Wildman–Crippen MR) is 71.6 cm³/mol. The third kappa shape index (κ3) is 3.71. The average Bonchev–Trinajstić information content (AvgIpc) is 2.33. The van der Waals surface area contributed by atoms with Gasteiger partial charge in [-0.3, -0.25) is 9.59 Å². The second kappa shape index (κ2) is 6.78. The summed E-state index contributed by atoms with van der Waals surface area (Å²) in [6.45, 7) is 5.63. The molecule has 0 aliphatic heterocycles. The Morgan fingerprint density at radius 3 is 2.11 bits per heavy atom. The van der Waals surface area contributed by atoms with Gasteiger partial charge in [-0.25, -0.2) is 0 Å². The third-order valence-corrected chi connectivity index (χ3v) is 2.60. The summed E-state index contributed by atoms with van der Waals surface area (Å²) < 4.78 is 9.83. The Morgan fingerprint density at radius 1 is 1.16 bits per heavy atom. The van der Waals surface area contributed by atoms with Crippen LogP contribution in [0.2, 0.25) is 0 Å². The standard InChI is InChI=1S/C14H19NO4/c1-4-18-13(16)12(14(17)19-5-2)10-7-6-9(3)8-11(10)15/h6-8,12H,4-5,15H2,1-3H3. The molecule has 0 aliphatic carbocycles. The highest BCUT2D eigenvalue weighted by Gasteiger charge is 2.32. The molecule has 0 heterocycles. The Kier molecular flexibility index (Phi) is 5.36. The SMILES string of the molecule is CCOC(=O)C(C(=O)OCC)c1ccc(C)cc1N. The highest BCUT2D eigenvalue weighted by Crippen LogP contribution is 2.26. The smallest absolute Gasteiger partial charge is 0.324 e. The monoisotopic (exact) mass is 265 g/mol. The number of esters is 2. The van der Waals surface area contributed by atoms with Gasteiger partial charge in [-0.15, -0.1) is 0 Å². The van der Waals surface area contributed by atoms with Gasteiger partial charge >= 0.3 is 11.9 Å². The topological polar surface area (TPSA) is 78.6 Å².